The molecule has 0 amide bonds. The van der Waals surface area contributed by atoms with Gasteiger partial charge in [-0.1, -0.05) is 19.8 Å². The van der Waals surface area contributed by atoms with Crippen molar-refractivity contribution in [3.63, 3.8) is 0 Å². The van der Waals surface area contributed by atoms with E-state index in [1.54, 1.807) is 12.1 Å². The van der Waals surface area contributed by atoms with Gasteiger partial charge >= 0.3 is 5.97 Å². The number of carbonyl (C=O) groups is 1. The van der Waals surface area contributed by atoms with E-state index in [1.807, 2.05) is 19.1 Å². The van der Waals surface area contributed by atoms with Crippen molar-refractivity contribution in [3.05, 3.63) is 29.8 Å². The maximum Gasteiger partial charge on any atom is 0.337 e. The summed E-state index contributed by atoms with van der Waals surface area (Å²) in [7, 11) is 1.39. The molecular weight excluding hydrogens is 278 g/mol. The van der Waals surface area contributed by atoms with Crippen LogP contribution in [0.25, 0.3) is 0 Å². The van der Waals surface area contributed by atoms with Crippen molar-refractivity contribution < 1.29 is 14.3 Å². The Morgan fingerprint density at radius 1 is 1.18 bits per heavy atom. The predicted molar refractivity (Wildman–Crippen MR) is 88.0 cm³/mol. The summed E-state index contributed by atoms with van der Waals surface area (Å²) in [6.07, 6.45) is 6.43. The quantitative estimate of drug-likeness (QED) is 0.503. The second-order valence-corrected chi connectivity index (χ2v) is 6.23. The third kappa shape index (κ3) is 5.02. The van der Waals surface area contributed by atoms with Gasteiger partial charge in [0.15, 0.2) is 0 Å². The Labute approximate surface area is 133 Å². The molecule has 122 valence electrons. The maximum absolute atomic E-state index is 11.4. The maximum atomic E-state index is 11.4. The number of methoxy groups -OCH3 is 1. The van der Waals surface area contributed by atoms with Gasteiger partial charge < -0.3 is 14.8 Å². The molecule has 0 radical (unpaired) electrons. The molecule has 1 N–H and O–H groups in total. The summed E-state index contributed by atoms with van der Waals surface area (Å²) in [5, 5.41) is 3.33. The van der Waals surface area contributed by atoms with Crippen LogP contribution in [0.5, 0.6) is 0 Å². The summed E-state index contributed by atoms with van der Waals surface area (Å²) in [4.78, 5) is 11.4. The number of benzene rings is 1. The smallest absolute Gasteiger partial charge is 0.337 e. The summed E-state index contributed by atoms with van der Waals surface area (Å²) in [6.45, 7) is 4.36. The lowest BCUT2D eigenvalue weighted by molar-refractivity contribution is 0.00414. The molecule has 0 heterocycles. The number of ether oxygens (including phenoxy) is 2. The van der Waals surface area contributed by atoms with Gasteiger partial charge in [-0.2, -0.15) is 0 Å². The van der Waals surface area contributed by atoms with Crippen LogP contribution in [-0.4, -0.2) is 25.4 Å². The molecule has 1 aromatic carbocycles. The van der Waals surface area contributed by atoms with E-state index in [9.17, 15) is 4.79 Å². The minimum Gasteiger partial charge on any atom is -0.465 e. The van der Waals surface area contributed by atoms with Crippen molar-refractivity contribution in [2.24, 2.45) is 5.92 Å². The molecule has 0 aromatic heterocycles. The van der Waals surface area contributed by atoms with Crippen molar-refractivity contribution >= 4 is 11.7 Å². The minimum absolute atomic E-state index is 0.0395. The van der Waals surface area contributed by atoms with Crippen LogP contribution in [0.4, 0.5) is 5.69 Å². The lowest BCUT2D eigenvalue weighted by Gasteiger charge is -2.23. The minimum atomic E-state index is -0.316. The fourth-order valence-corrected chi connectivity index (χ4v) is 2.97. The molecule has 1 fully saturated rings. The third-order valence-corrected chi connectivity index (χ3v) is 4.28. The molecule has 1 aliphatic carbocycles. The number of carbonyl (C=O) groups excluding carboxylic acids is 1. The molecule has 3 unspecified atom stereocenters. The molecule has 0 saturated heterocycles. The highest BCUT2D eigenvalue weighted by Gasteiger charge is 2.18. The van der Waals surface area contributed by atoms with E-state index >= 15 is 0 Å². The van der Waals surface area contributed by atoms with E-state index in [0.29, 0.717) is 11.7 Å². The van der Waals surface area contributed by atoms with E-state index in [2.05, 4.69) is 12.2 Å². The van der Waals surface area contributed by atoms with Crippen LogP contribution in [0.1, 0.15) is 56.3 Å². The topological polar surface area (TPSA) is 47.6 Å². The van der Waals surface area contributed by atoms with E-state index in [1.165, 1.54) is 26.4 Å². The van der Waals surface area contributed by atoms with Crippen LogP contribution in [0.15, 0.2) is 24.3 Å². The molecule has 1 saturated carbocycles. The number of esters is 1. The van der Waals surface area contributed by atoms with E-state index in [4.69, 9.17) is 9.47 Å². The van der Waals surface area contributed by atoms with Gasteiger partial charge in [0.25, 0.3) is 0 Å². The number of rotatable bonds is 5. The molecule has 0 bridgehead atoms. The Kier molecular flexibility index (Phi) is 6.25. The molecule has 4 nitrogen and oxygen atoms in total. The van der Waals surface area contributed by atoms with Gasteiger partial charge in [-0.15, -0.1) is 0 Å². The molecular formula is C18H27NO3. The zero-order valence-corrected chi connectivity index (χ0v) is 13.8. The van der Waals surface area contributed by atoms with Crippen LogP contribution >= 0.6 is 0 Å². The van der Waals surface area contributed by atoms with Crippen LogP contribution in [0.3, 0.4) is 0 Å². The molecule has 0 aliphatic heterocycles. The predicted octanol–water partition coefficient (Wildman–Crippen LogP) is 4.22. The number of hydrogen-bond acceptors (Lipinski definition) is 4. The summed E-state index contributed by atoms with van der Waals surface area (Å²) >= 11 is 0. The molecule has 1 aromatic rings. The number of anilines is 1. The molecule has 4 heteroatoms. The summed E-state index contributed by atoms with van der Waals surface area (Å²) in [5.41, 5.74) is 1.50. The fraction of sp³-hybridized carbons (Fsp3) is 0.611. The van der Waals surface area contributed by atoms with Crippen molar-refractivity contribution in [2.45, 2.75) is 58.3 Å². The Balaban J connectivity index is 1.83. The van der Waals surface area contributed by atoms with Gasteiger partial charge in [0.2, 0.25) is 0 Å². The Morgan fingerprint density at radius 3 is 2.59 bits per heavy atom. The SMILES string of the molecule is COC(=O)c1ccc(NC(C)OC2CCCC(C)CC2)cc1. The van der Waals surface area contributed by atoms with Gasteiger partial charge in [0.05, 0.1) is 18.8 Å². The number of hydrogen-bond donors (Lipinski definition) is 1. The fourth-order valence-electron chi connectivity index (χ4n) is 2.97. The first-order chi connectivity index (χ1) is 10.6. The first kappa shape index (κ1) is 16.8. The second kappa shape index (κ2) is 8.18. The van der Waals surface area contributed by atoms with Crippen molar-refractivity contribution in [2.75, 3.05) is 12.4 Å². The van der Waals surface area contributed by atoms with Crippen molar-refractivity contribution in [1.29, 1.82) is 0 Å². The monoisotopic (exact) mass is 305 g/mol. The lowest BCUT2D eigenvalue weighted by Crippen LogP contribution is -2.26. The normalized spacial score (nSPS) is 23.4. The second-order valence-electron chi connectivity index (χ2n) is 6.23. The summed E-state index contributed by atoms with van der Waals surface area (Å²) < 4.78 is 10.8. The van der Waals surface area contributed by atoms with Gasteiger partial charge in [0.1, 0.15) is 6.23 Å². The molecule has 3 atom stereocenters. The zero-order valence-electron chi connectivity index (χ0n) is 13.8. The van der Waals surface area contributed by atoms with Crippen LogP contribution in [-0.2, 0) is 9.47 Å². The first-order valence-electron chi connectivity index (χ1n) is 8.19. The molecule has 2 rings (SSSR count). The van der Waals surface area contributed by atoms with Gasteiger partial charge in [0, 0.05) is 5.69 Å². The largest absolute Gasteiger partial charge is 0.465 e. The van der Waals surface area contributed by atoms with Gasteiger partial charge in [-0.05, 0) is 56.4 Å². The molecule has 22 heavy (non-hydrogen) atoms. The highest BCUT2D eigenvalue weighted by atomic mass is 16.5. The van der Waals surface area contributed by atoms with Crippen LogP contribution in [0, 0.1) is 5.92 Å². The average Bonchev–Trinajstić information content (AvgIpc) is 2.72. The summed E-state index contributed by atoms with van der Waals surface area (Å²) in [5.74, 6) is 0.506. The molecule has 0 spiro atoms. The zero-order chi connectivity index (χ0) is 15.9. The van der Waals surface area contributed by atoms with E-state index < -0.39 is 0 Å². The Hall–Kier alpha value is -1.55. The molecule has 1 aliphatic rings. The van der Waals surface area contributed by atoms with Gasteiger partial charge in [-0.3, -0.25) is 0 Å². The third-order valence-electron chi connectivity index (χ3n) is 4.28. The van der Waals surface area contributed by atoms with Crippen molar-refractivity contribution in [3.8, 4) is 0 Å². The van der Waals surface area contributed by atoms with Crippen LogP contribution < -0.4 is 5.32 Å². The Morgan fingerprint density at radius 2 is 1.91 bits per heavy atom. The van der Waals surface area contributed by atoms with Crippen LogP contribution in [0.2, 0.25) is 0 Å². The highest BCUT2D eigenvalue weighted by Crippen LogP contribution is 2.25. The average molecular weight is 305 g/mol. The Bertz CT molecular complexity index is 472. The van der Waals surface area contributed by atoms with Crippen molar-refractivity contribution in [1.82, 2.24) is 0 Å². The van der Waals surface area contributed by atoms with E-state index in [0.717, 1.165) is 24.4 Å². The standard InChI is InChI=1S/C18H27NO3/c1-13-5-4-6-17(12-7-13)22-14(2)19-16-10-8-15(9-11-16)18(20)21-3/h8-11,13-14,17,19H,4-7,12H2,1-3H3. The van der Waals surface area contributed by atoms with E-state index in [-0.39, 0.29) is 12.2 Å². The highest BCUT2D eigenvalue weighted by molar-refractivity contribution is 5.89. The summed E-state index contributed by atoms with van der Waals surface area (Å²) in [6, 6.07) is 7.27. The first-order valence-corrected chi connectivity index (χ1v) is 8.19. The van der Waals surface area contributed by atoms with Gasteiger partial charge in [-0.25, -0.2) is 4.79 Å². The lowest BCUT2D eigenvalue weighted by atomic mass is 10.0. The number of nitrogens with one attached hydrogen (secondary N) is 1.